The normalized spacial score (nSPS) is 16.7. The Morgan fingerprint density at radius 1 is 1.12 bits per heavy atom. The number of anilines is 2. The summed E-state index contributed by atoms with van der Waals surface area (Å²) in [5.41, 5.74) is -0.0774. The van der Waals surface area contributed by atoms with Crippen molar-refractivity contribution < 1.29 is 14.3 Å². The molecule has 10 nitrogen and oxygen atoms in total. The van der Waals surface area contributed by atoms with Gasteiger partial charge in [-0.2, -0.15) is 5.10 Å². The molecule has 1 unspecified atom stereocenters. The lowest BCUT2D eigenvalue weighted by molar-refractivity contribution is -0.138. The van der Waals surface area contributed by atoms with Crippen LogP contribution in [0.25, 0.3) is 0 Å². The van der Waals surface area contributed by atoms with Gasteiger partial charge in [-0.3, -0.25) is 9.89 Å². The molecule has 0 aliphatic carbocycles. The zero-order valence-corrected chi connectivity index (χ0v) is 19.9. The summed E-state index contributed by atoms with van der Waals surface area (Å²) in [7, 11) is 0. The number of rotatable bonds is 5. The lowest BCUT2D eigenvalue weighted by atomic mass is 10.0. The summed E-state index contributed by atoms with van der Waals surface area (Å²) in [5.74, 6) is 1.69. The maximum absolute atomic E-state index is 13.4. The second-order valence-corrected chi connectivity index (χ2v) is 9.69. The van der Waals surface area contributed by atoms with Gasteiger partial charge >= 0.3 is 6.09 Å². The van der Waals surface area contributed by atoms with Gasteiger partial charge < -0.3 is 20.3 Å². The number of carbonyl (C=O) groups excluding carboxylic acids is 2. The standard InChI is InChI=1S/C22H33N7O3/c1-13-11-18(28-27-13)25-17-12-15(23-14(2)24-17)16-9-8-10-29(16)19(30)22(6,7)26-20(31)32-21(3,4)5/h11-12,16H,8-10H2,1-7H3,(H,26,31)(H2,23,24,25,27,28). The topological polar surface area (TPSA) is 125 Å². The number of hydrogen-bond donors (Lipinski definition) is 3. The van der Waals surface area contributed by atoms with E-state index < -0.39 is 17.2 Å². The van der Waals surface area contributed by atoms with Crippen molar-refractivity contribution in [3.8, 4) is 0 Å². The van der Waals surface area contributed by atoms with Gasteiger partial charge in [0, 0.05) is 24.4 Å². The Bertz CT molecular complexity index is 994. The summed E-state index contributed by atoms with van der Waals surface area (Å²) in [6, 6.07) is 3.53. The Hall–Kier alpha value is -3.17. The third kappa shape index (κ3) is 5.74. The summed E-state index contributed by atoms with van der Waals surface area (Å²) in [5, 5.41) is 13.0. The molecule has 3 rings (SSSR count). The number of hydrogen-bond acceptors (Lipinski definition) is 7. The fourth-order valence-electron chi connectivity index (χ4n) is 3.73. The van der Waals surface area contributed by atoms with Crippen LogP contribution in [0, 0.1) is 13.8 Å². The van der Waals surface area contributed by atoms with E-state index in [-0.39, 0.29) is 11.9 Å². The molecule has 1 atom stereocenters. The van der Waals surface area contributed by atoms with Gasteiger partial charge in [-0.1, -0.05) is 0 Å². The number of H-pyrrole nitrogens is 1. The minimum atomic E-state index is -1.12. The van der Waals surface area contributed by atoms with E-state index in [4.69, 9.17) is 4.74 Å². The van der Waals surface area contributed by atoms with E-state index in [9.17, 15) is 9.59 Å². The molecule has 1 aliphatic heterocycles. The van der Waals surface area contributed by atoms with Gasteiger partial charge in [0.15, 0.2) is 5.82 Å². The summed E-state index contributed by atoms with van der Waals surface area (Å²) >= 11 is 0. The average molecular weight is 444 g/mol. The van der Waals surface area contributed by atoms with Gasteiger partial charge in [-0.05, 0) is 61.3 Å². The van der Waals surface area contributed by atoms with E-state index >= 15 is 0 Å². The van der Waals surface area contributed by atoms with Crippen molar-refractivity contribution in [2.75, 3.05) is 11.9 Å². The van der Waals surface area contributed by atoms with Crippen LogP contribution in [0.15, 0.2) is 12.1 Å². The molecule has 32 heavy (non-hydrogen) atoms. The van der Waals surface area contributed by atoms with Gasteiger partial charge in [0.25, 0.3) is 0 Å². The molecule has 1 fully saturated rings. The van der Waals surface area contributed by atoms with E-state index in [1.165, 1.54) is 0 Å². The number of likely N-dealkylation sites (tertiary alicyclic amines) is 1. The maximum Gasteiger partial charge on any atom is 0.408 e. The zero-order chi connectivity index (χ0) is 23.7. The molecule has 2 aromatic rings. The Morgan fingerprint density at radius 2 is 1.84 bits per heavy atom. The smallest absolute Gasteiger partial charge is 0.408 e. The van der Waals surface area contributed by atoms with Gasteiger partial charge in [0.2, 0.25) is 5.91 Å². The predicted molar refractivity (Wildman–Crippen MR) is 121 cm³/mol. The second-order valence-electron chi connectivity index (χ2n) is 9.69. The summed E-state index contributed by atoms with van der Waals surface area (Å²) in [4.78, 5) is 36.5. The Kier molecular flexibility index (Phi) is 6.43. The van der Waals surface area contributed by atoms with E-state index in [1.54, 1.807) is 39.5 Å². The van der Waals surface area contributed by atoms with Crippen molar-refractivity contribution in [1.29, 1.82) is 0 Å². The van der Waals surface area contributed by atoms with Crippen LogP contribution in [0.2, 0.25) is 0 Å². The Labute approximate surface area is 188 Å². The first kappa shape index (κ1) is 23.5. The van der Waals surface area contributed by atoms with Crippen LogP contribution in [0.3, 0.4) is 0 Å². The molecule has 0 bridgehead atoms. The zero-order valence-electron chi connectivity index (χ0n) is 19.9. The monoisotopic (exact) mass is 443 g/mol. The molecule has 3 heterocycles. The quantitative estimate of drug-likeness (QED) is 0.645. The lowest BCUT2D eigenvalue weighted by Crippen LogP contribution is -2.56. The fourth-order valence-corrected chi connectivity index (χ4v) is 3.73. The number of carbonyl (C=O) groups is 2. The lowest BCUT2D eigenvalue weighted by Gasteiger charge is -2.34. The van der Waals surface area contributed by atoms with Crippen LogP contribution in [0.5, 0.6) is 0 Å². The fraction of sp³-hybridized carbons (Fsp3) is 0.591. The van der Waals surface area contributed by atoms with Gasteiger partial charge in [-0.15, -0.1) is 0 Å². The minimum absolute atomic E-state index is 0.181. The van der Waals surface area contributed by atoms with Crippen molar-refractivity contribution >= 4 is 23.6 Å². The predicted octanol–water partition coefficient (Wildman–Crippen LogP) is 3.53. The highest BCUT2D eigenvalue weighted by Gasteiger charge is 2.40. The highest BCUT2D eigenvalue weighted by molar-refractivity contribution is 5.89. The first-order valence-electron chi connectivity index (χ1n) is 10.8. The summed E-state index contributed by atoms with van der Waals surface area (Å²) < 4.78 is 5.33. The molecule has 2 aromatic heterocycles. The number of ether oxygens (including phenoxy) is 1. The Balaban J connectivity index is 1.78. The molecule has 10 heteroatoms. The second kappa shape index (κ2) is 8.76. The van der Waals surface area contributed by atoms with Crippen molar-refractivity contribution in [3.63, 3.8) is 0 Å². The molecule has 0 spiro atoms. The summed E-state index contributed by atoms with van der Waals surface area (Å²) in [6.45, 7) is 13.1. The molecule has 174 valence electrons. The first-order valence-corrected chi connectivity index (χ1v) is 10.8. The number of nitrogens with zero attached hydrogens (tertiary/aromatic N) is 4. The van der Waals surface area contributed by atoms with Crippen molar-refractivity contribution in [1.82, 2.24) is 30.4 Å². The van der Waals surface area contributed by atoms with Crippen LogP contribution in [-0.4, -0.2) is 54.8 Å². The molecule has 2 amide bonds. The van der Waals surface area contributed by atoms with Crippen LogP contribution in [-0.2, 0) is 9.53 Å². The van der Waals surface area contributed by atoms with Gasteiger partial charge in [0.05, 0.1) is 11.7 Å². The van der Waals surface area contributed by atoms with Crippen molar-refractivity contribution in [2.45, 2.75) is 78.5 Å². The van der Waals surface area contributed by atoms with E-state index in [0.717, 1.165) is 24.2 Å². The molecular weight excluding hydrogens is 410 g/mol. The van der Waals surface area contributed by atoms with Crippen LogP contribution < -0.4 is 10.6 Å². The van der Waals surface area contributed by atoms with Crippen molar-refractivity contribution in [2.24, 2.45) is 0 Å². The largest absolute Gasteiger partial charge is 0.444 e. The molecular formula is C22H33N7O3. The first-order chi connectivity index (χ1) is 14.8. The van der Waals surface area contributed by atoms with Gasteiger partial charge in [0.1, 0.15) is 22.8 Å². The molecule has 1 saturated heterocycles. The highest BCUT2D eigenvalue weighted by atomic mass is 16.6. The molecule has 0 saturated carbocycles. The van der Waals surface area contributed by atoms with Crippen LogP contribution in [0.1, 0.15) is 70.7 Å². The average Bonchev–Trinajstić information content (AvgIpc) is 3.27. The highest BCUT2D eigenvalue weighted by Crippen LogP contribution is 2.34. The molecule has 0 radical (unpaired) electrons. The number of alkyl carbamates (subject to hydrolysis) is 1. The third-order valence-electron chi connectivity index (χ3n) is 5.02. The van der Waals surface area contributed by atoms with E-state index in [2.05, 4.69) is 30.8 Å². The SMILES string of the molecule is Cc1nc(Nc2cc(C)[nH]n2)cc(C2CCCN2C(=O)C(C)(C)NC(=O)OC(C)(C)C)n1. The van der Waals surface area contributed by atoms with E-state index in [1.807, 2.05) is 26.0 Å². The van der Waals surface area contributed by atoms with Crippen LogP contribution in [0.4, 0.5) is 16.4 Å². The number of aromatic nitrogens is 4. The third-order valence-corrected chi connectivity index (χ3v) is 5.02. The molecule has 1 aliphatic rings. The van der Waals surface area contributed by atoms with Gasteiger partial charge in [-0.25, -0.2) is 14.8 Å². The summed E-state index contributed by atoms with van der Waals surface area (Å²) in [6.07, 6.45) is 1.01. The minimum Gasteiger partial charge on any atom is -0.444 e. The number of amides is 2. The maximum atomic E-state index is 13.4. The number of nitrogens with one attached hydrogen (secondary N) is 3. The Morgan fingerprint density at radius 3 is 2.47 bits per heavy atom. The van der Waals surface area contributed by atoms with E-state index in [0.29, 0.717) is 24.0 Å². The molecule has 0 aromatic carbocycles. The molecule has 3 N–H and O–H groups in total. The number of aryl methyl sites for hydroxylation is 2. The number of aromatic amines is 1. The van der Waals surface area contributed by atoms with Crippen molar-refractivity contribution in [3.05, 3.63) is 29.3 Å². The van der Waals surface area contributed by atoms with Crippen LogP contribution >= 0.6 is 0 Å².